The van der Waals surface area contributed by atoms with Gasteiger partial charge in [-0.25, -0.2) is 4.79 Å². The van der Waals surface area contributed by atoms with Gasteiger partial charge in [0, 0.05) is 10.9 Å². The number of carboxylic acid groups (broad SMARTS) is 1. The second-order valence-corrected chi connectivity index (χ2v) is 5.73. The summed E-state index contributed by atoms with van der Waals surface area (Å²) >= 11 is 1.73. The molecule has 0 fully saturated rings. The highest BCUT2D eigenvalue weighted by Crippen LogP contribution is 2.27. The lowest BCUT2D eigenvalue weighted by Gasteiger charge is -2.21. The Morgan fingerprint density at radius 3 is 2.80 bits per heavy atom. The second-order valence-electron chi connectivity index (χ2n) is 4.75. The summed E-state index contributed by atoms with van der Waals surface area (Å²) < 4.78 is 5.34. The van der Waals surface area contributed by atoms with Gasteiger partial charge in [-0.3, -0.25) is 5.32 Å². The smallest absolute Gasteiger partial charge is 0.371 e. The summed E-state index contributed by atoms with van der Waals surface area (Å²) in [5, 5.41) is 14.5. The molecular formula is C15H19NO3S. The predicted octanol–water partition coefficient (Wildman–Crippen LogP) is 4.23. The topological polar surface area (TPSA) is 62.5 Å². The number of thiophene rings is 1. The summed E-state index contributed by atoms with van der Waals surface area (Å²) in [7, 11) is 0. The summed E-state index contributed by atoms with van der Waals surface area (Å²) in [6.07, 6.45) is 2.12. The molecule has 0 aliphatic heterocycles. The first-order valence-electron chi connectivity index (χ1n) is 6.74. The molecule has 2 heterocycles. The number of hydrogen-bond acceptors (Lipinski definition) is 4. The third-order valence-corrected chi connectivity index (χ3v) is 4.17. The number of aromatic carboxylic acids is 1. The molecule has 108 valence electrons. The van der Waals surface area contributed by atoms with Crippen molar-refractivity contribution in [1.82, 2.24) is 5.32 Å². The summed E-state index contributed by atoms with van der Waals surface area (Å²) in [6, 6.07) is 7.63. The third kappa shape index (κ3) is 3.49. The van der Waals surface area contributed by atoms with Crippen molar-refractivity contribution >= 4 is 17.3 Å². The van der Waals surface area contributed by atoms with Crippen LogP contribution in [0.3, 0.4) is 0 Å². The number of carbonyl (C=O) groups is 1. The van der Waals surface area contributed by atoms with E-state index in [9.17, 15) is 4.79 Å². The van der Waals surface area contributed by atoms with Gasteiger partial charge in [-0.1, -0.05) is 19.4 Å². The maximum absolute atomic E-state index is 10.8. The first-order valence-corrected chi connectivity index (χ1v) is 7.62. The SMILES string of the molecule is CCCC(NC(C)c1ccc(C(=O)O)o1)c1cccs1. The van der Waals surface area contributed by atoms with E-state index in [0.29, 0.717) is 5.76 Å². The van der Waals surface area contributed by atoms with Crippen LogP contribution in [0.2, 0.25) is 0 Å². The summed E-state index contributed by atoms with van der Waals surface area (Å²) in [4.78, 5) is 12.1. The Balaban J connectivity index is 2.07. The van der Waals surface area contributed by atoms with Crippen molar-refractivity contribution in [2.45, 2.75) is 38.8 Å². The highest BCUT2D eigenvalue weighted by atomic mass is 32.1. The third-order valence-electron chi connectivity index (χ3n) is 3.18. The number of nitrogens with one attached hydrogen (secondary N) is 1. The van der Waals surface area contributed by atoms with Crippen molar-refractivity contribution in [2.24, 2.45) is 0 Å². The fourth-order valence-electron chi connectivity index (χ4n) is 2.17. The van der Waals surface area contributed by atoms with E-state index in [2.05, 4.69) is 23.7 Å². The molecule has 0 aliphatic rings. The van der Waals surface area contributed by atoms with Crippen molar-refractivity contribution in [2.75, 3.05) is 0 Å². The van der Waals surface area contributed by atoms with Crippen LogP contribution in [0.5, 0.6) is 0 Å². The van der Waals surface area contributed by atoms with Gasteiger partial charge in [-0.2, -0.15) is 0 Å². The maximum Gasteiger partial charge on any atom is 0.371 e. The predicted molar refractivity (Wildman–Crippen MR) is 79.2 cm³/mol. The van der Waals surface area contributed by atoms with E-state index in [1.54, 1.807) is 17.4 Å². The number of carboxylic acids is 1. The van der Waals surface area contributed by atoms with Gasteiger partial charge in [0.1, 0.15) is 5.76 Å². The van der Waals surface area contributed by atoms with E-state index in [-0.39, 0.29) is 17.8 Å². The zero-order valence-corrected chi connectivity index (χ0v) is 12.4. The minimum atomic E-state index is -1.04. The standard InChI is InChI=1S/C15H19NO3S/c1-3-5-11(14-6-4-9-20-14)16-10(2)12-7-8-13(19-12)15(17)18/h4,6-11,16H,3,5H2,1-2H3,(H,17,18). The number of furan rings is 1. The van der Waals surface area contributed by atoms with Crippen molar-refractivity contribution in [3.05, 3.63) is 46.0 Å². The molecule has 2 unspecified atom stereocenters. The Morgan fingerprint density at radius 2 is 2.25 bits per heavy atom. The van der Waals surface area contributed by atoms with Crippen molar-refractivity contribution in [1.29, 1.82) is 0 Å². The molecule has 20 heavy (non-hydrogen) atoms. The van der Waals surface area contributed by atoms with E-state index in [1.165, 1.54) is 10.9 Å². The van der Waals surface area contributed by atoms with Crippen LogP contribution in [0.15, 0.2) is 34.1 Å². The van der Waals surface area contributed by atoms with Gasteiger partial charge in [0.25, 0.3) is 0 Å². The lowest BCUT2D eigenvalue weighted by atomic mass is 10.1. The molecule has 0 bridgehead atoms. The second kappa shape index (κ2) is 6.72. The van der Waals surface area contributed by atoms with E-state index in [1.807, 2.05) is 13.0 Å². The van der Waals surface area contributed by atoms with Crippen molar-refractivity contribution in [3.63, 3.8) is 0 Å². The molecule has 2 N–H and O–H groups in total. The monoisotopic (exact) mass is 293 g/mol. The Hall–Kier alpha value is -1.59. The minimum Gasteiger partial charge on any atom is -0.475 e. The normalized spacial score (nSPS) is 14.1. The molecule has 0 saturated carbocycles. The fourth-order valence-corrected chi connectivity index (χ4v) is 2.99. The maximum atomic E-state index is 10.8. The van der Waals surface area contributed by atoms with Crippen LogP contribution in [-0.4, -0.2) is 11.1 Å². The molecule has 0 saturated heterocycles. The molecule has 0 radical (unpaired) electrons. The fraction of sp³-hybridized carbons (Fsp3) is 0.400. The molecule has 4 nitrogen and oxygen atoms in total. The van der Waals surface area contributed by atoms with Gasteiger partial charge in [0.15, 0.2) is 0 Å². The van der Waals surface area contributed by atoms with Crippen LogP contribution >= 0.6 is 11.3 Å². The average molecular weight is 293 g/mol. The van der Waals surface area contributed by atoms with Crippen LogP contribution in [0.4, 0.5) is 0 Å². The largest absolute Gasteiger partial charge is 0.475 e. The van der Waals surface area contributed by atoms with Gasteiger partial charge in [0.05, 0.1) is 6.04 Å². The number of hydrogen-bond donors (Lipinski definition) is 2. The van der Waals surface area contributed by atoms with E-state index in [4.69, 9.17) is 9.52 Å². The van der Waals surface area contributed by atoms with E-state index < -0.39 is 5.97 Å². The molecule has 0 spiro atoms. The molecule has 2 rings (SSSR count). The quantitative estimate of drug-likeness (QED) is 0.802. The van der Waals surface area contributed by atoms with Crippen LogP contribution in [-0.2, 0) is 0 Å². The summed E-state index contributed by atoms with van der Waals surface area (Å²) in [5.41, 5.74) is 0. The van der Waals surface area contributed by atoms with Crippen LogP contribution in [0.25, 0.3) is 0 Å². The van der Waals surface area contributed by atoms with E-state index >= 15 is 0 Å². The Morgan fingerprint density at radius 1 is 1.45 bits per heavy atom. The lowest BCUT2D eigenvalue weighted by Crippen LogP contribution is -2.23. The van der Waals surface area contributed by atoms with E-state index in [0.717, 1.165) is 12.8 Å². The average Bonchev–Trinajstić information content (AvgIpc) is 3.09. The van der Waals surface area contributed by atoms with Crippen molar-refractivity contribution < 1.29 is 14.3 Å². The zero-order chi connectivity index (χ0) is 14.5. The lowest BCUT2D eigenvalue weighted by molar-refractivity contribution is 0.0659. The summed E-state index contributed by atoms with van der Waals surface area (Å²) in [6.45, 7) is 4.14. The van der Waals surface area contributed by atoms with Crippen LogP contribution in [0, 0.1) is 0 Å². The van der Waals surface area contributed by atoms with Gasteiger partial charge < -0.3 is 9.52 Å². The van der Waals surface area contributed by atoms with Gasteiger partial charge in [0.2, 0.25) is 5.76 Å². The molecular weight excluding hydrogens is 274 g/mol. The van der Waals surface area contributed by atoms with Gasteiger partial charge >= 0.3 is 5.97 Å². The minimum absolute atomic E-state index is 0.0168. The zero-order valence-electron chi connectivity index (χ0n) is 11.6. The van der Waals surface area contributed by atoms with Crippen molar-refractivity contribution in [3.8, 4) is 0 Å². The van der Waals surface area contributed by atoms with Gasteiger partial charge in [-0.15, -0.1) is 11.3 Å². The molecule has 2 aromatic heterocycles. The number of rotatable bonds is 7. The Labute approximate surface area is 122 Å². The molecule has 0 aliphatic carbocycles. The highest BCUT2D eigenvalue weighted by molar-refractivity contribution is 7.10. The highest BCUT2D eigenvalue weighted by Gasteiger charge is 2.19. The Bertz CT molecular complexity index is 547. The van der Waals surface area contributed by atoms with Gasteiger partial charge in [-0.05, 0) is 36.9 Å². The summed E-state index contributed by atoms with van der Waals surface area (Å²) in [5.74, 6) is -0.399. The first kappa shape index (κ1) is 14.8. The molecule has 2 atom stereocenters. The van der Waals surface area contributed by atoms with Crippen LogP contribution in [0.1, 0.15) is 60.0 Å². The molecule has 0 amide bonds. The van der Waals surface area contributed by atoms with Crippen LogP contribution < -0.4 is 5.32 Å². The Kier molecular flexibility index (Phi) is 4.98. The molecule has 5 heteroatoms. The molecule has 2 aromatic rings. The first-order chi connectivity index (χ1) is 9.61. The molecule has 0 aromatic carbocycles.